The standard InChI is InChI=1S/C25H25N3O4/c1-3-31-21-9-6-18(7-10-21)25-27-24(32-28-25)13-12-23(29)26-16-17-4-5-20-15-22(30-2)11-8-19(20)14-17/h4-11,14-15H,3,12-13,16H2,1-2H3,(H,26,29). The molecule has 0 spiro atoms. The molecule has 0 saturated heterocycles. The second kappa shape index (κ2) is 9.96. The molecule has 0 aliphatic rings. The number of carbonyl (C=O) groups is 1. The summed E-state index contributed by atoms with van der Waals surface area (Å²) in [7, 11) is 1.65. The van der Waals surface area contributed by atoms with E-state index in [1.165, 1.54) is 0 Å². The summed E-state index contributed by atoms with van der Waals surface area (Å²) >= 11 is 0. The average Bonchev–Trinajstić information content (AvgIpc) is 3.30. The molecule has 0 atom stereocenters. The van der Waals surface area contributed by atoms with E-state index >= 15 is 0 Å². The molecule has 164 valence electrons. The van der Waals surface area contributed by atoms with Crippen LogP contribution in [0, 0.1) is 0 Å². The van der Waals surface area contributed by atoms with Gasteiger partial charge in [-0.2, -0.15) is 4.98 Å². The number of aryl methyl sites for hydroxylation is 1. The van der Waals surface area contributed by atoms with Crippen LogP contribution >= 0.6 is 0 Å². The quantitative estimate of drug-likeness (QED) is 0.419. The van der Waals surface area contributed by atoms with Crippen LogP contribution in [0.5, 0.6) is 11.5 Å². The number of nitrogens with zero attached hydrogens (tertiary/aromatic N) is 2. The summed E-state index contributed by atoms with van der Waals surface area (Å²) in [6.45, 7) is 3.01. The fraction of sp³-hybridized carbons (Fsp3) is 0.240. The number of carbonyl (C=O) groups excluding carboxylic acids is 1. The first kappa shape index (κ1) is 21.4. The second-order valence-electron chi connectivity index (χ2n) is 7.29. The summed E-state index contributed by atoms with van der Waals surface area (Å²) in [5.41, 5.74) is 1.87. The Morgan fingerprint density at radius 3 is 2.53 bits per heavy atom. The number of nitrogens with one attached hydrogen (secondary N) is 1. The Morgan fingerprint density at radius 2 is 1.75 bits per heavy atom. The topological polar surface area (TPSA) is 86.5 Å². The number of aromatic nitrogens is 2. The van der Waals surface area contributed by atoms with Gasteiger partial charge in [-0.1, -0.05) is 23.4 Å². The first-order valence-corrected chi connectivity index (χ1v) is 10.5. The van der Waals surface area contributed by atoms with E-state index in [0.717, 1.165) is 33.4 Å². The van der Waals surface area contributed by atoms with Crippen molar-refractivity contribution in [1.82, 2.24) is 15.5 Å². The zero-order chi connectivity index (χ0) is 22.3. The van der Waals surface area contributed by atoms with Gasteiger partial charge in [-0.15, -0.1) is 0 Å². The molecule has 0 radical (unpaired) electrons. The molecule has 0 fully saturated rings. The van der Waals surface area contributed by atoms with Gasteiger partial charge in [0.2, 0.25) is 17.6 Å². The molecule has 3 aromatic carbocycles. The summed E-state index contributed by atoms with van der Waals surface area (Å²) in [5, 5.41) is 9.15. The molecule has 7 nitrogen and oxygen atoms in total. The Balaban J connectivity index is 1.28. The third-order valence-corrected chi connectivity index (χ3v) is 5.06. The smallest absolute Gasteiger partial charge is 0.227 e. The van der Waals surface area contributed by atoms with Gasteiger partial charge in [-0.25, -0.2) is 0 Å². The lowest BCUT2D eigenvalue weighted by molar-refractivity contribution is -0.121. The molecular weight excluding hydrogens is 406 g/mol. The minimum atomic E-state index is -0.0688. The predicted molar refractivity (Wildman–Crippen MR) is 122 cm³/mol. The van der Waals surface area contributed by atoms with Crippen LogP contribution in [0.1, 0.15) is 24.8 Å². The summed E-state index contributed by atoms with van der Waals surface area (Å²) in [6.07, 6.45) is 0.656. The average molecular weight is 431 g/mol. The fourth-order valence-corrected chi connectivity index (χ4v) is 3.36. The molecule has 4 aromatic rings. The van der Waals surface area contributed by atoms with Gasteiger partial charge in [0, 0.05) is 24.9 Å². The SMILES string of the molecule is CCOc1ccc(-c2noc(CCC(=O)NCc3ccc4cc(OC)ccc4c3)n2)cc1. The van der Waals surface area contributed by atoms with Crippen molar-refractivity contribution in [1.29, 1.82) is 0 Å². The lowest BCUT2D eigenvalue weighted by Gasteiger charge is -2.07. The summed E-state index contributed by atoms with van der Waals surface area (Å²) in [4.78, 5) is 16.7. The Kier molecular flexibility index (Phi) is 6.65. The largest absolute Gasteiger partial charge is 0.497 e. The van der Waals surface area contributed by atoms with E-state index in [1.54, 1.807) is 7.11 Å². The van der Waals surface area contributed by atoms with Crippen molar-refractivity contribution in [2.75, 3.05) is 13.7 Å². The number of methoxy groups -OCH3 is 1. The van der Waals surface area contributed by atoms with E-state index in [-0.39, 0.29) is 12.3 Å². The van der Waals surface area contributed by atoms with Crippen LogP contribution in [0.2, 0.25) is 0 Å². The Hall–Kier alpha value is -3.87. The molecule has 7 heteroatoms. The Morgan fingerprint density at radius 1 is 1.00 bits per heavy atom. The van der Waals surface area contributed by atoms with Gasteiger partial charge < -0.3 is 19.3 Å². The van der Waals surface area contributed by atoms with E-state index in [0.29, 0.717) is 31.3 Å². The molecule has 1 heterocycles. The van der Waals surface area contributed by atoms with Crippen molar-refractivity contribution in [2.45, 2.75) is 26.3 Å². The van der Waals surface area contributed by atoms with Crippen LogP contribution in [-0.2, 0) is 17.8 Å². The van der Waals surface area contributed by atoms with Crippen molar-refractivity contribution in [3.63, 3.8) is 0 Å². The molecule has 0 aliphatic carbocycles. The van der Waals surface area contributed by atoms with Gasteiger partial charge in [0.1, 0.15) is 11.5 Å². The van der Waals surface area contributed by atoms with Crippen molar-refractivity contribution in [3.05, 3.63) is 72.1 Å². The molecule has 0 unspecified atom stereocenters. The zero-order valence-electron chi connectivity index (χ0n) is 18.1. The van der Waals surface area contributed by atoms with Gasteiger partial charge >= 0.3 is 0 Å². The molecule has 32 heavy (non-hydrogen) atoms. The van der Waals surface area contributed by atoms with Gasteiger partial charge in [0.25, 0.3) is 0 Å². The van der Waals surface area contributed by atoms with E-state index in [9.17, 15) is 4.79 Å². The molecule has 0 bridgehead atoms. The minimum absolute atomic E-state index is 0.0688. The molecule has 1 amide bonds. The van der Waals surface area contributed by atoms with Crippen LogP contribution in [-0.4, -0.2) is 29.8 Å². The predicted octanol–water partition coefficient (Wildman–Crippen LogP) is 4.55. The first-order valence-electron chi connectivity index (χ1n) is 10.5. The van der Waals surface area contributed by atoms with Crippen LogP contribution in [0.15, 0.2) is 65.2 Å². The fourth-order valence-electron chi connectivity index (χ4n) is 3.36. The molecule has 1 aromatic heterocycles. The highest BCUT2D eigenvalue weighted by Gasteiger charge is 2.11. The molecular formula is C25H25N3O4. The number of benzene rings is 3. The number of ether oxygens (including phenoxy) is 2. The molecule has 0 saturated carbocycles. The molecule has 1 N–H and O–H groups in total. The summed E-state index contributed by atoms with van der Waals surface area (Å²) < 4.78 is 16.0. The third-order valence-electron chi connectivity index (χ3n) is 5.06. The molecule has 0 aliphatic heterocycles. The Labute approximate surface area is 186 Å². The number of amides is 1. The zero-order valence-corrected chi connectivity index (χ0v) is 18.1. The third kappa shape index (κ3) is 5.24. The number of hydrogen-bond donors (Lipinski definition) is 1. The van der Waals surface area contributed by atoms with Crippen molar-refractivity contribution < 1.29 is 18.8 Å². The monoisotopic (exact) mass is 431 g/mol. The molecule has 4 rings (SSSR count). The highest BCUT2D eigenvalue weighted by Crippen LogP contribution is 2.22. The maximum atomic E-state index is 12.3. The highest BCUT2D eigenvalue weighted by atomic mass is 16.5. The van der Waals surface area contributed by atoms with E-state index in [4.69, 9.17) is 14.0 Å². The lowest BCUT2D eigenvalue weighted by atomic mass is 10.1. The van der Waals surface area contributed by atoms with Crippen LogP contribution in [0.25, 0.3) is 22.2 Å². The van der Waals surface area contributed by atoms with E-state index in [2.05, 4.69) is 21.5 Å². The van der Waals surface area contributed by atoms with Gasteiger partial charge in [0.05, 0.1) is 13.7 Å². The van der Waals surface area contributed by atoms with Crippen molar-refractivity contribution in [2.24, 2.45) is 0 Å². The van der Waals surface area contributed by atoms with E-state index in [1.807, 2.05) is 61.5 Å². The highest BCUT2D eigenvalue weighted by molar-refractivity contribution is 5.84. The summed E-state index contributed by atoms with van der Waals surface area (Å²) in [6, 6.07) is 19.5. The normalized spacial score (nSPS) is 10.8. The second-order valence-corrected chi connectivity index (χ2v) is 7.29. The van der Waals surface area contributed by atoms with Crippen LogP contribution in [0.3, 0.4) is 0 Å². The van der Waals surface area contributed by atoms with Crippen LogP contribution < -0.4 is 14.8 Å². The minimum Gasteiger partial charge on any atom is -0.497 e. The van der Waals surface area contributed by atoms with E-state index < -0.39 is 0 Å². The maximum absolute atomic E-state index is 12.3. The van der Waals surface area contributed by atoms with Gasteiger partial charge in [-0.3, -0.25) is 4.79 Å². The van der Waals surface area contributed by atoms with Crippen molar-refractivity contribution in [3.8, 4) is 22.9 Å². The number of hydrogen-bond acceptors (Lipinski definition) is 6. The first-order chi connectivity index (χ1) is 15.6. The van der Waals surface area contributed by atoms with Gasteiger partial charge in [0.15, 0.2) is 0 Å². The number of fused-ring (bicyclic) bond motifs is 1. The Bertz CT molecular complexity index is 1200. The van der Waals surface area contributed by atoms with Crippen LogP contribution in [0.4, 0.5) is 0 Å². The van der Waals surface area contributed by atoms with Crippen molar-refractivity contribution >= 4 is 16.7 Å². The lowest BCUT2D eigenvalue weighted by Crippen LogP contribution is -2.23. The summed E-state index contributed by atoms with van der Waals surface area (Å²) in [5.74, 6) is 2.48. The van der Waals surface area contributed by atoms with Gasteiger partial charge in [-0.05, 0) is 65.7 Å². The number of rotatable bonds is 9. The maximum Gasteiger partial charge on any atom is 0.227 e.